The third-order valence-corrected chi connectivity index (χ3v) is 3.20. The lowest BCUT2D eigenvalue weighted by molar-refractivity contribution is 0.309. The van der Waals surface area contributed by atoms with Gasteiger partial charge in [0, 0.05) is 5.56 Å². The molecule has 3 N–H and O–H groups in total. The lowest BCUT2D eigenvalue weighted by Crippen LogP contribution is -1.99. The summed E-state index contributed by atoms with van der Waals surface area (Å²) < 4.78 is 5.73. The molecule has 2 heterocycles. The number of H-pyrrole nitrogens is 1. The predicted molar refractivity (Wildman–Crippen MR) is 81.9 cm³/mol. The van der Waals surface area contributed by atoms with Crippen LogP contribution in [0.25, 0.3) is 22.3 Å². The van der Waals surface area contributed by atoms with Gasteiger partial charge in [-0.1, -0.05) is 25.5 Å². The third-order valence-electron chi connectivity index (χ3n) is 3.20. The number of hydrogen-bond donors (Lipinski definition) is 2. The van der Waals surface area contributed by atoms with E-state index >= 15 is 0 Å². The SMILES string of the molecule is CCCCOc1cccc(-c2nc(N)nc3[nH]ncc23)c1. The van der Waals surface area contributed by atoms with Crippen LogP contribution in [0.3, 0.4) is 0 Å². The molecule has 108 valence electrons. The van der Waals surface area contributed by atoms with Gasteiger partial charge in [0.05, 0.1) is 23.9 Å². The Morgan fingerprint density at radius 3 is 3.05 bits per heavy atom. The summed E-state index contributed by atoms with van der Waals surface area (Å²) in [4.78, 5) is 8.45. The summed E-state index contributed by atoms with van der Waals surface area (Å²) in [7, 11) is 0. The van der Waals surface area contributed by atoms with Crippen molar-refractivity contribution in [1.82, 2.24) is 20.2 Å². The second-order valence-electron chi connectivity index (χ2n) is 4.79. The molecule has 0 atom stereocenters. The molecule has 3 rings (SSSR count). The third kappa shape index (κ3) is 2.79. The summed E-state index contributed by atoms with van der Waals surface area (Å²) >= 11 is 0. The van der Waals surface area contributed by atoms with Crippen molar-refractivity contribution in [1.29, 1.82) is 0 Å². The minimum absolute atomic E-state index is 0.221. The molecular formula is C15H17N5O. The molecule has 0 spiro atoms. The number of aromatic amines is 1. The van der Waals surface area contributed by atoms with Crippen LogP contribution in [-0.4, -0.2) is 26.8 Å². The highest BCUT2D eigenvalue weighted by Crippen LogP contribution is 2.28. The van der Waals surface area contributed by atoms with Gasteiger partial charge in [-0.05, 0) is 18.6 Å². The van der Waals surface area contributed by atoms with Crippen molar-refractivity contribution in [3.05, 3.63) is 30.5 Å². The Bertz CT molecular complexity index is 753. The van der Waals surface area contributed by atoms with Gasteiger partial charge in [-0.2, -0.15) is 10.1 Å². The number of ether oxygens (including phenoxy) is 1. The molecule has 0 bridgehead atoms. The fourth-order valence-corrected chi connectivity index (χ4v) is 2.14. The molecule has 2 aromatic heterocycles. The molecule has 0 aliphatic rings. The summed E-state index contributed by atoms with van der Waals surface area (Å²) in [5, 5.41) is 7.65. The first kappa shape index (κ1) is 13.4. The Kier molecular flexibility index (Phi) is 3.68. The smallest absolute Gasteiger partial charge is 0.222 e. The Hall–Kier alpha value is -2.63. The lowest BCUT2D eigenvalue weighted by atomic mass is 10.1. The van der Waals surface area contributed by atoms with Crippen LogP contribution in [-0.2, 0) is 0 Å². The summed E-state index contributed by atoms with van der Waals surface area (Å²) in [6, 6.07) is 7.82. The highest BCUT2D eigenvalue weighted by atomic mass is 16.5. The summed E-state index contributed by atoms with van der Waals surface area (Å²) in [6.45, 7) is 2.85. The Morgan fingerprint density at radius 1 is 1.29 bits per heavy atom. The van der Waals surface area contributed by atoms with Gasteiger partial charge in [-0.15, -0.1) is 0 Å². The van der Waals surface area contributed by atoms with E-state index < -0.39 is 0 Å². The molecule has 0 aliphatic carbocycles. The molecule has 0 saturated heterocycles. The second kappa shape index (κ2) is 5.78. The molecule has 6 nitrogen and oxygen atoms in total. The first-order valence-electron chi connectivity index (χ1n) is 6.97. The largest absolute Gasteiger partial charge is 0.494 e. The van der Waals surface area contributed by atoms with Gasteiger partial charge in [0.15, 0.2) is 5.65 Å². The molecule has 6 heteroatoms. The van der Waals surface area contributed by atoms with Gasteiger partial charge in [0.25, 0.3) is 0 Å². The average molecular weight is 283 g/mol. The van der Waals surface area contributed by atoms with E-state index in [1.54, 1.807) is 6.20 Å². The predicted octanol–water partition coefficient (Wildman–Crippen LogP) is 2.78. The number of nitrogens with one attached hydrogen (secondary N) is 1. The molecule has 0 unspecified atom stereocenters. The number of nitrogens with zero attached hydrogens (tertiary/aromatic N) is 3. The van der Waals surface area contributed by atoms with Crippen molar-refractivity contribution in [3.8, 4) is 17.0 Å². The van der Waals surface area contributed by atoms with Crippen LogP contribution in [0, 0.1) is 0 Å². The Balaban J connectivity index is 1.98. The molecule has 0 amide bonds. The topological polar surface area (TPSA) is 89.7 Å². The number of rotatable bonds is 5. The van der Waals surface area contributed by atoms with Crippen LogP contribution in [0.2, 0.25) is 0 Å². The maximum absolute atomic E-state index is 5.76. The van der Waals surface area contributed by atoms with Crippen molar-refractivity contribution >= 4 is 17.0 Å². The van der Waals surface area contributed by atoms with E-state index in [0.717, 1.165) is 35.2 Å². The van der Waals surface area contributed by atoms with E-state index in [0.29, 0.717) is 12.3 Å². The second-order valence-corrected chi connectivity index (χ2v) is 4.79. The minimum atomic E-state index is 0.221. The van der Waals surface area contributed by atoms with E-state index in [1.807, 2.05) is 24.3 Å². The van der Waals surface area contributed by atoms with Crippen LogP contribution in [0.5, 0.6) is 5.75 Å². The molecule has 21 heavy (non-hydrogen) atoms. The number of anilines is 1. The van der Waals surface area contributed by atoms with E-state index in [9.17, 15) is 0 Å². The zero-order chi connectivity index (χ0) is 14.7. The van der Waals surface area contributed by atoms with Crippen LogP contribution in [0.15, 0.2) is 30.5 Å². The number of hydrogen-bond acceptors (Lipinski definition) is 5. The molecule has 0 aliphatic heterocycles. The maximum Gasteiger partial charge on any atom is 0.222 e. The number of nitrogens with two attached hydrogens (primary N) is 1. The number of fused-ring (bicyclic) bond motifs is 1. The normalized spacial score (nSPS) is 10.9. The fraction of sp³-hybridized carbons (Fsp3) is 0.267. The number of nitrogen functional groups attached to an aromatic ring is 1. The first-order valence-corrected chi connectivity index (χ1v) is 6.97. The average Bonchev–Trinajstić information content (AvgIpc) is 2.95. The van der Waals surface area contributed by atoms with E-state index in [1.165, 1.54) is 0 Å². The van der Waals surface area contributed by atoms with Gasteiger partial charge in [0.2, 0.25) is 5.95 Å². The lowest BCUT2D eigenvalue weighted by Gasteiger charge is -2.08. The number of benzene rings is 1. The molecule has 0 saturated carbocycles. The van der Waals surface area contributed by atoms with Gasteiger partial charge >= 0.3 is 0 Å². The van der Waals surface area contributed by atoms with Gasteiger partial charge in [0.1, 0.15) is 5.75 Å². The van der Waals surface area contributed by atoms with Crippen LogP contribution >= 0.6 is 0 Å². The van der Waals surface area contributed by atoms with E-state index in [2.05, 4.69) is 27.1 Å². The van der Waals surface area contributed by atoms with Gasteiger partial charge in [-0.3, -0.25) is 5.10 Å². The molecular weight excluding hydrogens is 266 g/mol. The fourth-order valence-electron chi connectivity index (χ4n) is 2.14. The number of aromatic nitrogens is 4. The first-order chi connectivity index (χ1) is 10.3. The molecule has 0 radical (unpaired) electrons. The zero-order valence-corrected chi connectivity index (χ0v) is 11.8. The van der Waals surface area contributed by atoms with Gasteiger partial charge < -0.3 is 10.5 Å². The van der Waals surface area contributed by atoms with Crippen molar-refractivity contribution in [3.63, 3.8) is 0 Å². The molecule has 1 aromatic carbocycles. The zero-order valence-electron chi connectivity index (χ0n) is 11.8. The monoisotopic (exact) mass is 283 g/mol. The van der Waals surface area contributed by atoms with E-state index in [4.69, 9.17) is 10.5 Å². The van der Waals surface area contributed by atoms with Gasteiger partial charge in [-0.25, -0.2) is 4.98 Å². The van der Waals surface area contributed by atoms with Crippen molar-refractivity contribution < 1.29 is 4.74 Å². The molecule has 3 aromatic rings. The highest BCUT2D eigenvalue weighted by Gasteiger charge is 2.10. The van der Waals surface area contributed by atoms with Crippen LogP contribution in [0.1, 0.15) is 19.8 Å². The van der Waals surface area contributed by atoms with Crippen LogP contribution in [0.4, 0.5) is 5.95 Å². The van der Waals surface area contributed by atoms with E-state index in [-0.39, 0.29) is 5.95 Å². The van der Waals surface area contributed by atoms with Crippen molar-refractivity contribution in [2.24, 2.45) is 0 Å². The minimum Gasteiger partial charge on any atom is -0.494 e. The summed E-state index contributed by atoms with van der Waals surface area (Å²) in [5.41, 5.74) is 8.08. The maximum atomic E-state index is 5.76. The summed E-state index contributed by atoms with van der Waals surface area (Å²) in [5.74, 6) is 1.05. The summed E-state index contributed by atoms with van der Waals surface area (Å²) in [6.07, 6.45) is 3.85. The highest BCUT2D eigenvalue weighted by molar-refractivity contribution is 5.90. The van der Waals surface area contributed by atoms with Crippen LogP contribution < -0.4 is 10.5 Å². The number of unbranched alkanes of at least 4 members (excludes halogenated alkanes) is 1. The van der Waals surface area contributed by atoms with Crippen molar-refractivity contribution in [2.75, 3.05) is 12.3 Å². The standard InChI is InChI=1S/C15H17N5O/c1-2-3-7-21-11-6-4-5-10(8-11)13-12-9-17-20-14(12)19-15(16)18-13/h4-6,8-9H,2-3,7H2,1H3,(H3,16,17,18,19,20). The van der Waals surface area contributed by atoms with Crippen molar-refractivity contribution in [2.45, 2.75) is 19.8 Å². The molecule has 0 fully saturated rings. The Morgan fingerprint density at radius 2 is 2.19 bits per heavy atom. The quantitative estimate of drug-likeness (QED) is 0.703. The Labute approximate surface area is 122 Å².